The van der Waals surface area contributed by atoms with Gasteiger partial charge in [-0.1, -0.05) is 36.4 Å². The first-order valence-electron chi connectivity index (χ1n) is 9.55. The molecule has 0 spiro atoms. The van der Waals surface area contributed by atoms with Gasteiger partial charge in [0.1, 0.15) is 0 Å². The summed E-state index contributed by atoms with van der Waals surface area (Å²) in [5, 5.41) is 17.6. The molecule has 0 unspecified atom stereocenters. The highest BCUT2D eigenvalue weighted by Gasteiger charge is 2.13. The average Bonchev–Trinajstić information content (AvgIpc) is 3.21. The number of aromatic nitrogens is 4. The van der Waals surface area contributed by atoms with Gasteiger partial charge in [-0.3, -0.25) is 0 Å². The van der Waals surface area contributed by atoms with Gasteiger partial charge in [-0.2, -0.15) is 4.52 Å². The Labute approximate surface area is 174 Å². The van der Waals surface area contributed by atoms with Crippen molar-refractivity contribution in [1.82, 2.24) is 19.6 Å². The molecule has 4 rings (SSSR count). The van der Waals surface area contributed by atoms with Crippen LogP contribution >= 0.6 is 0 Å². The molecule has 2 aromatic heterocycles. The number of aliphatic hydroxyl groups is 1. The lowest BCUT2D eigenvalue weighted by Gasteiger charge is -2.11. The van der Waals surface area contributed by atoms with E-state index in [0.717, 1.165) is 11.1 Å². The zero-order chi connectivity index (χ0) is 20.9. The first-order chi connectivity index (χ1) is 14.7. The molecule has 4 aromatic rings. The smallest absolute Gasteiger partial charge is 0.226 e. The highest BCUT2D eigenvalue weighted by Crippen LogP contribution is 2.27. The van der Waals surface area contributed by atoms with Crippen LogP contribution < -0.4 is 14.8 Å². The average molecular weight is 405 g/mol. The molecular weight excluding hydrogens is 382 g/mol. The SMILES string of the molecule is COc1ccc(CNc2ncc(CO)c3nc(Cc4ccccc4)nn23)cc1OC. The number of fused-ring (bicyclic) bond motifs is 1. The number of benzene rings is 2. The number of methoxy groups -OCH3 is 2. The summed E-state index contributed by atoms with van der Waals surface area (Å²) in [6, 6.07) is 15.7. The fraction of sp³-hybridized carbons (Fsp3) is 0.227. The van der Waals surface area contributed by atoms with Gasteiger partial charge in [0, 0.05) is 24.7 Å². The number of ether oxygens (including phenoxy) is 2. The van der Waals surface area contributed by atoms with Crippen LogP contribution in [0.1, 0.15) is 22.5 Å². The Kier molecular flexibility index (Phi) is 5.76. The Morgan fingerprint density at radius 1 is 1.00 bits per heavy atom. The molecule has 0 aliphatic rings. The molecule has 2 aromatic carbocycles. The maximum atomic E-state index is 9.67. The molecule has 0 radical (unpaired) electrons. The first kappa shape index (κ1) is 19.7. The Morgan fingerprint density at radius 2 is 1.80 bits per heavy atom. The lowest BCUT2D eigenvalue weighted by Crippen LogP contribution is -2.09. The third-order valence-electron chi connectivity index (χ3n) is 4.76. The number of nitrogens with one attached hydrogen (secondary N) is 1. The molecule has 154 valence electrons. The van der Waals surface area contributed by atoms with Gasteiger partial charge in [0.25, 0.3) is 0 Å². The van der Waals surface area contributed by atoms with Crippen LogP contribution in [0.4, 0.5) is 5.95 Å². The molecule has 0 amide bonds. The van der Waals surface area contributed by atoms with E-state index in [1.165, 1.54) is 0 Å². The fourth-order valence-electron chi connectivity index (χ4n) is 3.22. The van der Waals surface area contributed by atoms with E-state index in [-0.39, 0.29) is 6.61 Å². The predicted molar refractivity (Wildman–Crippen MR) is 113 cm³/mol. The summed E-state index contributed by atoms with van der Waals surface area (Å²) < 4.78 is 12.3. The molecule has 2 N–H and O–H groups in total. The van der Waals surface area contributed by atoms with Crippen molar-refractivity contribution in [2.24, 2.45) is 0 Å². The van der Waals surface area contributed by atoms with Crippen LogP contribution in [0.15, 0.2) is 54.7 Å². The molecule has 2 heterocycles. The molecule has 0 aliphatic carbocycles. The third-order valence-corrected chi connectivity index (χ3v) is 4.76. The van der Waals surface area contributed by atoms with Crippen molar-refractivity contribution in [3.8, 4) is 11.5 Å². The van der Waals surface area contributed by atoms with Crippen LogP contribution in [0.25, 0.3) is 5.65 Å². The molecule has 30 heavy (non-hydrogen) atoms. The number of anilines is 1. The van der Waals surface area contributed by atoms with Gasteiger partial charge in [0.2, 0.25) is 5.95 Å². The Balaban J connectivity index is 1.61. The molecule has 8 nitrogen and oxygen atoms in total. The van der Waals surface area contributed by atoms with E-state index < -0.39 is 0 Å². The van der Waals surface area contributed by atoms with Crippen LogP contribution in [0, 0.1) is 0 Å². The van der Waals surface area contributed by atoms with Crippen molar-refractivity contribution in [2.45, 2.75) is 19.6 Å². The number of rotatable bonds is 8. The van der Waals surface area contributed by atoms with E-state index >= 15 is 0 Å². The highest BCUT2D eigenvalue weighted by atomic mass is 16.5. The predicted octanol–water partition coefficient (Wildman–Crippen LogP) is 2.84. The number of nitrogens with zero attached hydrogens (tertiary/aromatic N) is 4. The van der Waals surface area contributed by atoms with E-state index in [1.807, 2.05) is 48.5 Å². The van der Waals surface area contributed by atoms with Gasteiger partial charge in [-0.25, -0.2) is 9.97 Å². The summed E-state index contributed by atoms with van der Waals surface area (Å²) in [6.07, 6.45) is 2.22. The van der Waals surface area contributed by atoms with E-state index in [0.29, 0.717) is 47.4 Å². The number of hydrogen-bond donors (Lipinski definition) is 2. The van der Waals surface area contributed by atoms with Crippen molar-refractivity contribution in [1.29, 1.82) is 0 Å². The molecule has 0 saturated heterocycles. The minimum Gasteiger partial charge on any atom is -0.493 e. The van der Waals surface area contributed by atoms with E-state index in [2.05, 4.69) is 20.4 Å². The van der Waals surface area contributed by atoms with E-state index in [1.54, 1.807) is 24.9 Å². The second kappa shape index (κ2) is 8.79. The normalized spacial score (nSPS) is 10.9. The minimum absolute atomic E-state index is 0.157. The van der Waals surface area contributed by atoms with Crippen molar-refractivity contribution < 1.29 is 14.6 Å². The standard InChI is InChI=1S/C22H23N5O3/c1-29-18-9-8-16(10-19(18)30-2)12-23-22-24-13-17(14-28)21-25-20(26-27(21)22)11-15-6-4-3-5-7-15/h3-10,13,28H,11-12,14H2,1-2H3,(H,23,24). The van der Waals surface area contributed by atoms with Gasteiger partial charge in [0.05, 0.1) is 20.8 Å². The van der Waals surface area contributed by atoms with Gasteiger partial charge >= 0.3 is 0 Å². The van der Waals surface area contributed by atoms with Crippen molar-refractivity contribution in [2.75, 3.05) is 19.5 Å². The summed E-state index contributed by atoms with van der Waals surface area (Å²) >= 11 is 0. The van der Waals surface area contributed by atoms with Gasteiger partial charge in [-0.05, 0) is 23.3 Å². The van der Waals surface area contributed by atoms with Crippen LogP contribution in [-0.2, 0) is 19.6 Å². The Morgan fingerprint density at radius 3 is 2.53 bits per heavy atom. The fourth-order valence-corrected chi connectivity index (χ4v) is 3.22. The monoisotopic (exact) mass is 405 g/mol. The lowest BCUT2D eigenvalue weighted by atomic mass is 10.1. The zero-order valence-electron chi connectivity index (χ0n) is 16.9. The summed E-state index contributed by atoms with van der Waals surface area (Å²) in [4.78, 5) is 9.04. The number of aliphatic hydroxyl groups excluding tert-OH is 1. The minimum atomic E-state index is -0.157. The maximum absolute atomic E-state index is 9.67. The summed E-state index contributed by atoms with van der Waals surface area (Å²) in [7, 11) is 3.22. The molecule has 0 saturated carbocycles. The Bertz CT molecular complexity index is 1140. The quantitative estimate of drug-likeness (QED) is 0.465. The molecule has 8 heteroatoms. The van der Waals surface area contributed by atoms with E-state index in [9.17, 15) is 5.11 Å². The molecule has 0 aliphatic heterocycles. The van der Waals surface area contributed by atoms with Gasteiger partial charge in [-0.15, -0.1) is 5.10 Å². The van der Waals surface area contributed by atoms with Crippen LogP contribution in [-0.4, -0.2) is 38.9 Å². The largest absolute Gasteiger partial charge is 0.493 e. The second-order valence-corrected chi connectivity index (χ2v) is 6.73. The van der Waals surface area contributed by atoms with E-state index in [4.69, 9.17) is 9.47 Å². The van der Waals surface area contributed by atoms with Gasteiger partial charge in [0.15, 0.2) is 23.0 Å². The van der Waals surface area contributed by atoms with Gasteiger partial charge < -0.3 is 19.9 Å². The Hall–Kier alpha value is -3.65. The summed E-state index contributed by atoms with van der Waals surface area (Å²) in [5.74, 6) is 2.55. The van der Waals surface area contributed by atoms with Crippen molar-refractivity contribution >= 4 is 11.6 Å². The van der Waals surface area contributed by atoms with Crippen LogP contribution in [0.5, 0.6) is 11.5 Å². The molecular formula is C22H23N5O3. The van der Waals surface area contributed by atoms with Crippen LogP contribution in [0.3, 0.4) is 0 Å². The number of hydrogen-bond acceptors (Lipinski definition) is 7. The topological polar surface area (TPSA) is 93.8 Å². The lowest BCUT2D eigenvalue weighted by molar-refractivity contribution is 0.282. The summed E-state index contributed by atoms with van der Waals surface area (Å²) in [6.45, 7) is 0.352. The third kappa shape index (κ3) is 4.04. The second-order valence-electron chi connectivity index (χ2n) is 6.73. The molecule has 0 bridgehead atoms. The van der Waals surface area contributed by atoms with Crippen molar-refractivity contribution in [3.05, 3.63) is 77.2 Å². The molecule has 0 fully saturated rings. The highest BCUT2D eigenvalue weighted by molar-refractivity contribution is 5.51. The van der Waals surface area contributed by atoms with Crippen LogP contribution in [0.2, 0.25) is 0 Å². The first-order valence-corrected chi connectivity index (χ1v) is 9.55. The maximum Gasteiger partial charge on any atom is 0.226 e. The van der Waals surface area contributed by atoms with Crippen molar-refractivity contribution in [3.63, 3.8) is 0 Å². The summed E-state index contributed by atoms with van der Waals surface area (Å²) in [5.41, 5.74) is 3.33. The zero-order valence-corrected chi connectivity index (χ0v) is 16.9. The molecule has 0 atom stereocenters.